The van der Waals surface area contributed by atoms with Crippen LogP contribution in [-0.4, -0.2) is 72.4 Å². The van der Waals surface area contributed by atoms with Crippen LogP contribution >= 0.6 is 0 Å². The molecule has 0 saturated carbocycles. The molecular weight excluding hydrogens is 333 g/mol. The summed E-state index contributed by atoms with van der Waals surface area (Å²) >= 11 is 2.68. The van der Waals surface area contributed by atoms with E-state index in [1.807, 2.05) is 0 Å². The summed E-state index contributed by atoms with van der Waals surface area (Å²) in [4.78, 5) is 14.2. The van der Waals surface area contributed by atoms with E-state index in [4.69, 9.17) is 9.84 Å². The Bertz CT molecular complexity index is 615. The number of ether oxygens (including phenoxy) is 1. The number of hydrogen-bond acceptors (Lipinski definition) is 6. The van der Waals surface area contributed by atoms with Crippen molar-refractivity contribution in [2.75, 3.05) is 19.0 Å². The standard InChI is InChI=1S/C11H17N3O5Se/c1-11(8(17)7(16)6(4-15)19-11)14-3-5(12-2)9(18)13-10(14)20/h3,6-8,12,15-17H,4H2,1-2H3,(H,13,18,20)/t6-,7-,8-,11-/m1/s1. The molecule has 0 amide bonds. The van der Waals surface area contributed by atoms with Gasteiger partial charge < -0.3 is 0 Å². The Morgan fingerprint density at radius 3 is 2.75 bits per heavy atom. The third-order valence-electron chi connectivity index (χ3n) is 3.51. The zero-order valence-electron chi connectivity index (χ0n) is 11.0. The molecule has 9 heteroatoms. The Morgan fingerprint density at radius 1 is 1.60 bits per heavy atom. The maximum absolute atomic E-state index is 11.7. The second-order valence-electron chi connectivity index (χ2n) is 4.75. The first-order valence-corrected chi connectivity index (χ1v) is 6.89. The fraction of sp³-hybridized carbons (Fsp3) is 0.636. The summed E-state index contributed by atoms with van der Waals surface area (Å²) in [6, 6.07) is 0. The van der Waals surface area contributed by atoms with Crippen molar-refractivity contribution in [1.82, 2.24) is 9.55 Å². The van der Waals surface area contributed by atoms with Crippen molar-refractivity contribution in [2.24, 2.45) is 0 Å². The molecule has 1 aliphatic rings. The topological polar surface area (TPSA) is 120 Å². The van der Waals surface area contributed by atoms with Crippen molar-refractivity contribution in [3.8, 4) is 0 Å². The number of H-pyrrole nitrogens is 1. The Kier molecular flexibility index (Phi) is 4.19. The van der Waals surface area contributed by atoms with Crippen LogP contribution in [0.5, 0.6) is 0 Å². The van der Waals surface area contributed by atoms with E-state index in [0.29, 0.717) is 4.32 Å². The van der Waals surface area contributed by atoms with E-state index in [0.717, 1.165) is 0 Å². The van der Waals surface area contributed by atoms with Crippen molar-refractivity contribution in [3.63, 3.8) is 0 Å². The van der Waals surface area contributed by atoms with E-state index in [9.17, 15) is 15.0 Å². The molecule has 20 heavy (non-hydrogen) atoms. The molecule has 1 saturated heterocycles. The van der Waals surface area contributed by atoms with Gasteiger partial charge >= 0.3 is 122 Å². The van der Waals surface area contributed by atoms with Crippen LogP contribution in [0.2, 0.25) is 0 Å². The zero-order valence-corrected chi connectivity index (χ0v) is 12.7. The monoisotopic (exact) mass is 351 g/mol. The molecule has 0 aromatic carbocycles. The molecule has 1 aromatic heterocycles. The Balaban J connectivity index is 2.56. The van der Waals surface area contributed by atoms with Crippen LogP contribution in [-0.2, 0) is 10.5 Å². The molecular formula is C11H17N3O5Se. The van der Waals surface area contributed by atoms with Crippen molar-refractivity contribution >= 4 is 21.3 Å². The quantitative estimate of drug-likeness (QED) is 0.391. The molecule has 0 unspecified atom stereocenters. The molecule has 1 aromatic rings. The second-order valence-corrected chi connectivity index (χ2v) is 5.56. The molecule has 8 nitrogen and oxygen atoms in total. The van der Waals surface area contributed by atoms with Crippen LogP contribution < -0.4 is 10.9 Å². The van der Waals surface area contributed by atoms with E-state index in [2.05, 4.69) is 25.9 Å². The van der Waals surface area contributed by atoms with Crippen LogP contribution in [0.3, 0.4) is 0 Å². The van der Waals surface area contributed by atoms with Gasteiger partial charge in [-0.15, -0.1) is 0 Å². The SMILES string of the molecule is CNc1cn([C@]2(C)O[C@H](CO)[C@@H](O)[C@H]2O)c(=[Se])[nH]c1=O. The van der Waals surface area contributed by atoms with Crippen LogP contribution in [0.4, 0.5) is 5.69 Å². The molecule has 2 heterocycles. The summed E-state index contributed by atoms with van der Waals surface area (Å²) in [5, 5.41) is 32.0. The minimum atomic E-state index is -1.32. The molecule has 0 spiro atoms. The van der Waals surface area contributed by atoms with Crippen molar-refractivity contribution in [3.05, 3.63) is 20.9 Å². The maximum atomic E-state index is 11.7. The molecule has 0 radical (unpaired) electrons. The summed E-state index contributed by atoms with van der Waals surface area (Å²) in [5.74, 6) is 0. The number of nitrogens with zero attached hydrogens (tertiary/aromatic N) is 1. The van der Waals surface area contributed by atoms with Gasteiger partial charge in [0.15, 0.2) is 0 Å². The number of aliphatic hydroxyl groups is 3. The molecule has 1 aliphatic heterocycles. The molecule has 0 bridgehead atoms. The Morgan fingerprint density at radius 2 is 2.25 bits per heavy atom. The molecule has 0 aliphatic carbocycles. The van der Waals surface area contributed by atoms with Crippen LogP contribution in [0.25, 0.3) is 0 Å². The van der Waals surface area contributed by atoms with E-state index in [1.54, 1.807) is 14.0 Å². The van der Waals surface area contributed by atoms with Crippen LogP contribution in [0.1, 0.15) is 6.92 Å². The molecule has 2 rings (SSSR count). The fourth-order valence-corrected chi connectivity index (χ4v) is 2.97. The summed E-state index contributed by atoms with van der Waals surface area (Å²) in [6.45, 7) is 1.15. The van der Waals surface area contributed by atoms with E-state index in [-0.39, 0.29) is 11.2 Å². The van der Waals surface area contributed by atoms with Gasteiger partial charge in [-0.3, -0.25) is 0 Å². The Hall–Kier alpha value is -0.961. The van der Waals surface area contributed by atoms with Crippen molar-refractivity contribution in [2.45, 2.75) is 31.0 Å². The molecule has 4 atom stereocenters. The van der Waals surface area contributed by atoms with Gasteiger partial charge in [0.2, 0.25) is 0 Å². The third kappa shape index (κ3) is 2.26. The summed E-state index contributed by atoms with van der Waals surface area (Å²) < 4.78 is 7.38. The van der Waals surface area contributed by atoms with E-state index >= 15 is 0 Å². The summed E-state index contributed by atoms with van der Waals surface area (Å²) in [5.41, 5.74) is -1.36. The van der Waals surface area contributed by atoms with Gasteiger partial charge in [-0.1, -0.05) is 0 Å². The van der Waals surface area contributed by atoms with Crippen LogP contribution in [0, 0.1) is 4.32 Å². The predicted octanol–water partition coefficient (Wildman–Crippen LogP) is -2.30. The number of aliphatic hydroxyl groups excluding tert-OH is 3. The summed E-state index contributed by atoms with van der Waals surface area (Å²) in [7, 11) is 1.59. The molecule has 112 valence electrons. The summed E-state index contributed by atoms with van der Waals surface area (Å²) in [6.07, 6.45) is -1.90. The predicted molar refractivity (Wildman–Crippen MR) is 71.2 cm³/mol. The Labute approximate surface area is 122 Å². The second kappa shape index (κ2) is 5.44. The van der Waals surface area contributed by atoms with Crippen molar-refractivity contribution in [1.29, 1.82) is 0 Å². The molecule has 1 fully saturated rings. The first kappa shape index (κ1) is 15.4. The fourth-order valence-electron chi connectivity index (χ4n) is 2.29. The van der Waals surface area contributed by atoms with E-state index < -0.39 is 30.6 Å². The van der Waals surface area contributed by atoms with Gasteiger partial charge in [0, 0.05) is 0 Å². The van der Waals surface area contributed by atoms with Gasteiger partial charge in [0.1, 0.15) is 0 Å². The van der Waals surface area contributed by atoms with Crippen LogP contribution in [0.15, 0.2) is 11.0 Å². The average Bonchev–Trinajstić information content (AvgIpc) is 2.64. The molecule has 5 N–H and O–H groups in total. The first-order valence-electron chi connectivity index (χ1n) is 6.04. The van der Waals surface area contributed by atoms with Gasteiger partial charge in [0.05, 0.1) is 0 Å². The average molecular weight is 350 g/mol. The third-order valence-corrected chi connectivity index (χ3v) is 4.14. The number of hydrogen-bond donors (Lipinski definition) is 5. The number of rotatable bonds is 3. The van der Waals surface area contributed by atoms with Gasteiger partial charge in [-0.2, -0.15) is 0 Å². The first-order chi connectivity index (χ1) is 9.35. The minimum absolute atomic E-state index is 0.281. The van der Waals surface area contributed by atoms with Gasteiger partial charge in [0.25, 0.3) is 0 Å². The number of anilines is 1. The zero-order chi connectivity index (χ0) is 15.1. The van der Waals surface area contributed by atoms with Gasteiger partial charge in [-0.05, 0) is 0 Å². The normalized spacial score (nSPS) is 33.4. The van der Waals surface area contributed by atoms with Gasteiger partial charge in [-0.25, -0.2) is 0 Å². The van der Waals surface area contributed by atoms with Crippen molar-refractivity contribution < 1.29 is 20.1 Å². The number of nitrogens with one attached hydrogen (secondary N) is 2. The van der Waals surface area contributed by atoms with E-state index in [1.165, 1.54) is 10.8 Å². The number of aromatic amines is 1. The number of aromatic nitrogens is 2.